The number of nitrogens with zero attached hydrogens (tertiary/aromatic N) is 2. The molecule has 0 aromatic carbocycles. The molecule has 7 nitrogen and oxygen atoms in total. The molecule has 1 unspecified atom stereocenters. The van der Waals surface area contributed by atoms with Crippen LogP contribution in [0.4, 0.5) is 0 Å². The topological polar surface area (TPSA) is 90.6 Å². The quantitative estimate of drug-likeness (QED) is 0.810. The number of likely N-dealkylation sites (N-methyl/N-ethyl adjacent to an activating group) is 1. The molecule has 7 heteroatoms. The molecule has 0 spiro atoms. The average molecular weight is 305 g/mol. The van der Waals surface area contributed by atoms with Crippen LogP contribution in [-0.2, 0) is 9.59 Å². The van der Waals surface area contributed by atoms with Crippen molar-refractivity contribution >= 4 is 17.7 Å². The number of hydrogen-bond acceptors (Lipinski definition) is 4. The van der Waals surface area contributed by atoms with E-state index >= 15 is 0 Å². The Balaban J connectivity index is 2.36. The van der Waals surface area contributed by atoms with Gasteiger partial charge in [-0.25, -0.2) is 0 Å². The van der Waals surface area contributed by atoms with E-state index in [2.05, 4.69) is 4.98 Å². The summed E-state index contributed by atoms with van der Waals surface area (Å²) in [4.78, 5) is 53.3. The summed E-state index contributed by atoms with van der Waals surface area (Å²) >= 11 is 0. The van der Waals surface area contributed by atoms with E-state index in [-0.39, 0.29) is 17.9 Å². The molecular weight excluding hydrogens is 286 g/mol. The lowest BCUT2D eigenvalue weighted by atomic mass is 10.1. The number of aryl methyl sites for hydroxylation is 1. The summed E-state index contributed by atoms with van der Waals surface area (Å²) in [7, 11) is 1.40. The van der Waals surface area contributed by atoms with E-state index in [1.54, 1.807) is 13.0 Å². The van der Waals surface area contributed by atoms with Gasteiger partial charge in [-0.1, -0.05) is 6.92 Å². The molecule has 2 rings (SSSR count). The number of hydrogen-bond donors (Lipinski definition) is 1. The lowest BCUT2D eigenvalue weighted by Crippen LogP contribution is -2.46. The smallest absolute Gasteiger partial charge is 0.260 e. The lowest BCUT2D eigenvalue weighted by Gasteiger charge is -2.26. The van der Waals surface area contributed by atoms with Gasteiger partial charge in [-0.3, -0.25) is 24.1 Å². The number of pyridine rings is 1. The van der Waals surface area contributed by atoms with Crippen molar-refractivity contribution in [3.63, 3.8) is 0 Å². The van der Waals surface area contributed by atoms with Gasteiger partial charge >= 0.3 is 0 Å². The van der Waals surface area contributed by atoms with Gasteiger partial charge in [0.15, 0.2) is 0 Å². The maximum atomic E-state index is 12.6. The molecule has 1 fully saturated rings. The zero-order chi connectivity index (χ0) is 16.4. The molecule has 1 atom stereocenters. The highest BCUT2D eigenvalue weighted by atomic mass is 16.2. The van der Waals surface area contributed by atoms with Crippen LogP contribution in [0.1, 0.15) is 35.8 Å². The normalized spacial score (nSPS) is 18.0. The minimum Gasteiger partial charge on any atom is -0.326 e. The van der Waals surface area contributed by atoms with E-state index in [4.69, 9.17) is 0 Å². The van der Waals surface area contributed by atoms with Gasteiger partial charge in [0.25, 0.3) is 17.4 Å². The van der Waals surface area contributed by atoms with Gasteiger partial charge in [0, 0.05) is 19.3 Å². The standard InChI is InChI=1S/C15H19N3O4/c1-4-7-18(11-8-12(19)17(3)15(11)22)14(21)10-6-5-9(2)16-13(10)20/h5-6,11H,4,7-8H2,1-3H3,(H,16,20). The van der Waals surface area contributed by atoms with Crippen molar-refractivity contribution in [3.05, 3.63) is 33.7 Å². The number of rotatable bonds is 4. The molecule has 3 amide bonds. The Morgan fingerprint density at radius 3 is 2.55 bits per heavy atom. The number of carbonyl (C=O) groups is 3. The van der Waals surface area contributed by atoms with Gasteiger partial charge in [0.05, 0.1) is 6.42 Å². The molecule has 1 N–H and O–H groups in total. The van der Waals surface area contributed by atoms with Gasteiger partial charge in [-0.15, -0.1) is 0 Å². The van der Waals surface area contributed by atoms with Gasteiger partial charge in [0.1, 0.15) is 11.6 Å². The van der Waals surface area contributed by atoms with Crippen LogP contribution in [0.5, 0.6) is 0 Å². The van der Waals surface area contributed by atoms with Crippen molar-refractivity contribution in [2.24, 2.45) is 0 Å². The van der Waals surface area contributed by atoms with Crippen LogP contribution in [0.15, 0.2) is 16.9 Å². The number of imide groups is 1. The second kappa shape index (κ2) is 6.13. The third-order valence-corrected chi connectivity index (χ3v) is 3.75. The third-order valence-electron chi connectivity index (χ3n) is 3.75. The molecule has 1 aromatic heterocycles. The number of likely N-dealkylation sites (tertiary alicyclic amines) is 1. The molecule has 118 valence electrons. The minimum atomic E-state index is -0.828. The number of aromatic nitrogens is 1. The van der Waals surface area contributed by atoms with Crippen molar-refractivity contribution in [2.75, 3.05) is 13.6 Å². The molecule has 1 aromatic rings. The highest BCUT2D eigenvalue weighted by molar-refractivity contribution is 6.07. The Hall–Kier alpha value is -2.44. The summed E-state index contributed by atoms with van der Waals surface area (Å²) in [6.07, 6.45) is 0.585. The summed E-state index contributed by atoms with van der Waals surface area (Å²) in [5, 5.41) is 0. The predicted octanol–water partition coefficient (Wildman–Crippen LogP) is 0.293. The van der Waals surface area contributed by atoms with Crippen LogP contribution >= 0.6 is 0 Å². The minimum absolute atomic E-state index is 0.0196. The van der Waals surface area contributed by atoms with Crippen molar-refractivity contribution < 1.29 is 14.4 Å². The Kier molecular flexibility index (Phi) is 4.44. The molecule has 0 saturated carbocycles. The number of aromatic amines is 1. The van der Waals surface area contributed by atoms with E-state index in [0.717, 1.165) is 4.90 Å². The largest absolute Gasteiger partial charge is 0.326 e. The van der Waals surface area contributed by atoms with E-state index in [1.165, 1.54) is 18.0 Å². The SMILES string of the molecule is CCCN(C(=O)c1ccc(C)[nH]c1=O)C1CC(=O)N(C)C1=O. The number of amides is 3. The molecule has 1 saturated heterocycles. The van der Waals surface area contributed by atoms with Crippen molar-refractivity contribution in [1.29, 1.82) is 0 Å². The Labute approximate surface area is 127 Å². The Morgan fingerprint density at radius 1 is 1.36 bits per heavy atom. The first-order chi connectivity index (χ1) is 10.4. The first-order valence-electron chi connectivity index (χ1n) is 7.18. The first-order valence-corrected chi connectivity index (χ1v) is 7.18. The zero-order valence-corrected chi connectivity index (χ0v) is 12.9. The van der Waals surface area contributed by atoms with E-state index in [1.807, 2.05) is 6.92 Å². The summed E-state index contributed by atoms with van der Waals surface area (Å²) in [6, 6.07) is 2.25. The van der Waals surface area contributed by atoms with Gasteiger partial charge in [-0.05, 0) is 25.5 Å². The van der Waals surface area contributed by atoms with E-state index < -0.39 is 23.4 Å². The summed E-state index contributed by atoms with van der Waals surface area (Å²) in [6.45, 7) is 3.89. The van der Waals surface area contributed by atoms with Gasteiger partial charge in [0.2, 0.25) is 5.91 Å². The summed E-state index contributed by atoms with van der Waals surface area (Å²) in [5.41, 5.74) is 0.139. The predicted molar refractivity (Wildman–Crippen MR) is 79.3 cm³/mol. The molecule has 2 heterocycles. The monoisotopic (exact) mass is 305 g/mol. The molecule has 0 radical (unpaired) electrons. The highest BCUT2D eigenvalue weighted by Gasteiger charge is 2.41. The van der Waals surface area contributed by atoms with Gasteiger partial charge in [-0.2, -0.15) is 0 Å². The Bertz CT molecular complexity index is 680. The van der Waals surface area contributed by atoms with Crippen molar-refractivity contribution in [3.8, 4) is 0 Å². The fourth-order valence-electron chi connectivity index (χ4n) is 2.51. The molecule has 0 aliphatic carbocycles. The maximum absolute atomic E-state index is 12.6. The van der Waals surface area contributed by atoms with E-state index in [0.29, 0.717) is 18.7 Å². The maximum Gasteiger partial charge on any atom is 0.260 e. The second-order valence-corrected chi connectivity index (χ2v) is 5.39. The lowest BCUT2D eigenvalue weighted by molar-refractivity contribution is -0.137. The van der Waals surface area contributed by atoms with Crippen LogP contribution in [0, 0.1) is 6.92 Å². The number of nitrogens with one attached hydrogen (secondary N) is 1. The van der Waals surface area contributed by atoms with E-state index in [9.17, 15) is 19.2 Å². The van der Waals surface area contributed by atoms with Crippen molar-refractivity contribution in [1.82, 2.24) is 14.8 Å². The highest BCUT2D eigenvalue weighted by Crippen LogP contribution is 2.19. The van der Waals surface area contributed by atoms with Crippen LogP contribution in [0.3, 0.4) is 0 Å². The first kappa shape index (κ1) is 15.9. The molecule has 1 aliphatic heterocycles. The molecule has 22 heavy (non-hydrogen) atoms. The van der Waals surface area contributed by atoms with Crippen LogP contribution in [0.25, 0.3) is 0 Å². The zero-order valence-electron chi connectivity index (χ0n) is 12.9. The number of carbonyl (C=O) groups excluding carboxylic acids is 3. The fourth-order valence-corrected chi connectivity index (χ4v) is 2.51. The third kappa shape index (κ3) is 2.79. The molecule has 0 bridgehead atoms. The van der Waals surface area contributed by atoms with Crippen LogP contribution in [-0.4, -0.2) is 52.1 Å². The van der Waals surface area contributed by atoms with Gasteiger partial charge < -0.3 is 9.88 Å². The van der Waals surface area contributed by atoms with Crippen molar-refractivity contribution in [2.45, 2.75) is 32.7 Å². The molecule has 1 aliphatic rings. The van der Waals surface area contributed by atoms with Crippen LogP contribution in [0.2, 0.25) is 0 Å². The number of H-pyrrole nitrogens is 1. The molecular formula is C15H19N3O4. The summed E-state index contributed by atoms with van der Waals surface area (Å²) in [5.74, 6) is -1.25. The Morgan fingerprint density at radius 2 is 2.05 bits per heavy atom. The fraction of sp³-hybridized carbons (Fsp3) is 0.467. The average Bonchev–Trinajstić information content (AvgIpc) is 2.72. The second-order valence-electron chi connectivity index (χ2n) is 5.39. The summed E-state index contributed by atoms with van der Waals surface area (Å²) < 4.78 is 0. The van der Waals surface area contributed by atoms with Crippen LogP contribution < -0.4 is 5.56 Å².